The molecular weight excluding hydrogens is 370 g/mol. The average molecular weight is 394 g/mol. The van der Waals surface area contributed by atoms with Crippen molar-refractivity contribution in [3.8, 4) is 0 Å². The van der Waals surface area contributed by atoms with Crippen LogP contribution in [0.5, 0.6) is 0 Å². The van der Waals surface area contributed by atoms with Gasteiger partial charge < -0.3 is 4.74 Å². The fraction of sp³-hybridized carbons (Fsp3) is 0.579. The highest BCUT2D eigenvalue weighted by molar-refractivity contribution is 7.22. The van der Waals surface area contributed by atoms with Crippen LogP contribution in [0.3, 0.4) is 0 Å². The van der Waals surface area contributed by atoms with Crippen molar-refractivity contribution in [3.63, 3.8) is 0 Å². The first-order chi connectivity index (χ1) is 12.7. The molecule has 1 aliphatic carbocycles. The molecule has 0 atom stereocenters. The van der Waals surface area contributed by atoms with Gasteiger partial charge in [0.05, 0.1) is 23.4 Å². The number of hydrogen-bond acceptors (Lipinski definition) is 5. The van der Waals surface area contributed by atoms with Crippen molar-refractivity contribution < 1.29 is 9.53 Å². The Bertz CT molecular complexity index is 769. The number of thiazole rings is 1. The van der Waals surface area contributed by atoms with Crippen LogP contribution >= 0.6 is 22.9 Å². The van der Waals surface area contributed by atoms with Gasteiger partial charge in [-0.05, 0) is 31.0 Å². The van der Waals surface area contributed by atoms with Gasteiger partial charge in [0.2, 0.25) is 5.91 Å². The highest BCUT2D eigenvalue weighted by atomic mass is 35.5. The van der Waals surface area contributed by atoms with Gasteiger partial charge in [0.25, 0.3) is 0 Å². The Morgan fingerprint density at radius 2 is 2.08 bits per heavy atom. The van der Waals surface area contributed by atoms with E-state index in [9.17, 15) is 4.79 Å². The van der Waals surface area contributed by atoms with Crippen molar-refractivity contribution in [1.82, 2.24) is 9.88 Å². The first kappa shape index (κ1) is 18.2. The number of hydrogen-bond donors (Lipinski definition) is 0. The molecule has 0 unspecified atom stereocenters. The lowest BCUT2D eigenvalue weighted by molar-refractivity contribution is -0.122. The van der Waals surface area contributed by atoms with E-state index in [2.05, 4.69) is 4.90 Å². The molecule has 1 aromatic carbocycles. The standard InChI is InChI=1S/C19H24ClN3O2S/c20-15-5-6-16-17(13-15)26-19(21-16)23(18(24)14-3-1-2-4-14)8-7-22-9-11-25-12-10-22/h5-6,13-14H,1-4,7-12H2. The smallest absolute Gasteiger partial charge is 0.231 e. The molecule has 4 rings (SSSR count). The molecule has 0 N–H and O–H groups in total. The second kappa shape index (κ2) is 8.21. The molecule has 2 heterocycles. The lowest BCUT2D eigenvalue weighted by Gasteiger charge is -2.30. The second-order valence-corrected chi connectivity index (χ2v) is 8.48. The summed E-state index contributed by atoms with van der Waals surface area (Å²) in [5.41, 5.74) is 0.907. The number of fused-ring (bicyclic) bond motifs is 1. The van der Waals surface area contributed by atoms with Crippen LogP contribution in [0.2, 0.25) is 5.02 Å². The highest BCUT2D eigenvalue weighted by Crippen LogP contribution is 2.34. The number of anilines is 1. The van der Waals surface area contributed by atoms with Crippen molar-refractivity contribution in [2.45, 2.75) is 25.7 Å². The van der Waals surface area contributed by atoms with E-state index in [1.165, 1.54) is 0 Å². The van der Waals surface area contributed by atoms with Crippen LogP contribution in [-0.2, 0) is 9.53 Å². The summed E-state index contributed by atoms with van der Waals surface area (Å²) in [6.45, 7) is 4.95. The summed E-state index contributed by atoms with van der Waals surface area (Å²) in [4.78, 5) is 22.2. The third kappa shape index (κ3) is 4.03. The third-order valence-corrected chi connectivity index (χ3v) is 6.56. The topological polar surface area (TPSA) is 45.7 Å². The first-order valence-electron chi connectivity index (χ1n) is 9.38. The maximum absolute atomic E-state index is 13.2. The summed E-state index contributed by atoms with van der Waals surface area (Å²) in [6, 6.07) is 5.71. The Labute approximate surface area is 162 Å². The highest BCUT2D eigenvalue weighted by Gasteiger charge is 2.30. The van der Waals surface area contributed by atoms with E-state index in [0.29, 0.717) is 11.6 Å². The molecule has 2 aliphatic rings. The molecule has 0 spiro atoms. The van der Waals surface area contributed by atoms with E-state index in [1.54, 1.807) is 11.3 Å². The minimum Gasteiger partial charge on any atom is -0.379 e. The lowest BCUT2D eigenvalue weighted by atomic mass is 10.1. The Balaban J connectivity index is 1.56. The monoisotopic (exact) mass is 393 g/mol. The fourth-order valence-corrected chi connectivity index (χ4v) is 5.03. The number of carbonyl (C=O) groups is 1. The minimum absolute atomic E-state index is 0.148. The number of nitrogens with zero attached hydrogens (tertiary/aromatic N) is 3. The molecule has 7 heteroatoms. The van der Waals surface area contributed by atoms with E-state index >= 15 is 0 Å². The van der Waals surface area contributed by atoms with E-state index in [-0.39, 0.29) is 11.8 Å². The Kier molecular flexibility index (Phi) is 5.74. The van der Waals surface area contributed by atoms with Gasteiger partial charge >= 0.3 is 0 Å². The van der Waals surface area contributed by atoms with E-state index in [4.69, 9.17) is 21.3 Å². The molecule has 2 aromatic rings. The molecule has 1 saturated carbocycles. The van der Waals surface area contributed by atoms with Crippen LogP contribution in [0.25, 0.3) is 10.2 Å². The number of amides is 1. The predicted octanol–water partition coefficient (Wildman–Crippen LogP) is 3.81. The van der Waals surface area contributed by atoms with Crippen molar-refractivity contribution >= 4 is 44.2 Å². The summed E-state index contributed by atoms with van der Waals surface area (Å²) in [7, 11) is 0. The van der Waals surface area contributed by atoms with Gasteiger partial charge in [-0.15, -0.1) is 0 Å². The summed E-state index contributed by atoms with van der Waals surface area (Å²) in [5, 5.41) is 1.50. The molecule has 5 nitrogen and oxygen atoms in total. The molecule has 0 radical (unpaired) electrons. The molecule has 1 amide bonds. The summed E-state index contributed by atoms with van der Waals surface area (Å²) >= 11 is 7.68. The molecule has 2 fully saturated rings. The summed E-state index contributed by atoms with van der Waals surface area (Å²) in [6.07, 6.45) is 4.32. The van der Waals surface area contributed by atoms with Crippen LogP contribution in [0.15, 0.2) is 18.2 Å². The van der Waals surface area contributed by atoms with Gasteiger partial charge in [-0.3, -0.25) is 14.6 Å². The Hall–Kier alpha value is -1.21. The number of morpholine rings is 1. The molecule has 1 aliphatic heterocycles. The van der Waals surface area contributed by atoms with Crippen LogP contribution < -0.4 is 4.90 Å². The fourth-order valence-electron chi connectivity index (χ4n) is 3.76. The summed E-state index contributed by atoms with van der Waals surface area (Å²) < 4.78 is 6.46. The maximum Gasteiger partial charge on any atom is 0.231 e. The lowest BCUT2D eigenvalue weighted by Crippen LogP contribution is -2.44. The SMILES string of the molecule is O=C(C1CCCC1)N(CCN1CCOCC1)c1nc2ccc(Cl)cc2s1. The zero-order valence-electron chi connectivity index (χ0n) is 14.8. The Morgan fingerprint density at radius 1 is 1.31 bits per heavy atom. The predicted molar refractivity (Wildman–Crippen MR) is 106 cm³/mol. The number of aromatic nitrogens is 1. The van der Waals surface area contributed by atoms with E-state index < -0.39 is 0 Å². The van der Waals surface area contributed by atoms with Crippen molar-refractivity contribution in [1.29, 1.82) is 0 Å². The molecular formula is C19H24ClN3O2S. The van der Waals surface area contributed by atoms with E-state index in [1.807, 2.05) is 23.1 Å². The minimum atomic E-state index is 0.148. The largest absolute Gasteiger partial charge is 0.379 e. The van der Waals surface area contributed by atoms with Gasteiger partial charge in [0.1, 0.15) is 0 Å². The zero-order chi connectivity index (χ0) is 17.9. The van der Waals surface area contributed by atoms with Crippen LogP contribution in [0.1, 0.15) is 25.7 Å². The van der Waals surface area contributed by atoms with Crippen molar-refractivity contribution in [2.24, 2.45) is 5.92 Å². The molecule has 1 saturated heterocycles. The van der Waals surface area contributed by atoms with Gasteiger partial charge in [-0.25, -0.2) is 4.98 Å². The molecule has 0 bridgehead atoms. The number of carbonyl (C=O) groups excluding carboxylic acids is 1. The average Bonchev–Trinajstić information content (AvgIpc) is 3.32. The normalized spacial score (nSPS) is 19.3. The van der Waals surface area contributed by atoms with Gasteiger partial charge in [0, 0.05) is 37.1 Å². The van der Waals surface area contributed by atoms with Gasteiger partial charge in [-0.2, -0.15) is 0 Å². The number of halogens is 1. The van der Waals surface area contributed by atoms with Crippen LogP contribution in [-0.4, -0.2) is 55.2 Å². The Morgan fingerprint density at radius 3 is 2.85 bits per heavy atom. The van der Waals surface area contributed by atoms with Crippen molar-refractivity contribution in [3.05, 3.63) is 23.2 Å². The molecule has 26 heavy (non-hydrogen) atoms. The number of ether oxygens (including phenoxy) is 1. The second-order valence-electron chi connectivity index (χ2n) is 7.03. The number of rotatable bonds is 5. The van der Waals surface area contributed by atoms with Gasteiger partial charge in [-0.1, -0.05) is 35.8 Å². The van der Waals surface area contributed by atoms with Gasteiger partial charge in [0.15, 0.2) is 5.13 Å². The zero-order valence-corrected chi connectivity index (χ0v) is 16.4. The van der Waals surface area contributed by atoms with Crippen LogP contribution in [0.4, 0.5) is 5.13 Å². The molecule has 1 aromatic heterocycles. The van der Waals surface area contributed by atoms with Crippen molar-refractivity contribution in [2.75, 3.05) is 44.3 Å². The van der Waals surface area contributed by atoms with E-state index in [0.717, 1.165) is 73.9 Å². The quantitative estimate of drug-likeness (QED) is 0.775. The van der Waals surface area contributed by atoms with Crippen LogP contribution in [0, 0.1) is 5.92 Å². The molecule has 140 valence electrons. The summed E-state index contributed by atoms with van der Waals surface area (Å²) in [5.74, 6) is 0.385. The first-order valence-corrected chi connectivity index (χ1v) is 10.6. The maximum atomic E-state index is 13.2. The number of benzene rings is 1. The third-order valence-electron chi connectivity index (χ3n) is 5.28.